The summed E-state index contributed by atoms with van der Waals surface area (Å²) < 4.78 is 17.6. The van der Waals surface area contributed by atoms with Crippen molar-refractivity contribution in [2.75, 3.05) is 30.0 Å². The minimum atomic E-state index is -0.732. The Morgan fingerprint density at radius 1 is 0.712 bits per heavy atom. The summed E-state index contributed by atoms with van der Waals surface area (Å²) in [6, 6.07) is 23.0. The second-order valence-corrected chi connectivity index (χ2v) is 16.9. The van der Waals surface area contributed by atoms with Crippen molar-refractivity contribution in [1.29, 1.82) is 0 Å². The van der Waals surface area contributed by atoms with Gasteiger partial charge in [-0.25, -0.2) is 4.98 Å². The highest BCUT2D eigenvalue weighted by atomic mass is 16.5. The first-order valence-electron chi connectivity index (χ1n) is 21.2. The number of carbonyl (C=O) groups is 2. The molecule has 3 saturated carbocycles. The van der Waals surface area contributed by atoms with E-state index < -0.39 is 24.4 Å². The molecule has 3 fully saturated rings. The zero-order valence-corrected chi connectivity index (χ0v) is 33.5. The van der Waals surface area contributed by atoms with Crippen molar-refractivity contribution in [2.24, 2.45) is 11.8 Å². The summed E-state index contributed by atoms with van der Waals surface area (Å²) in [5.41, 5.74) is 4.95. The molecule has 59 heavy (non-hydrogen) atoms. The van der Waals surface area contributed by atoms with E-state index in [1.165, 1.54) is 0 Å². The Labute approximate surface area is 345 Å². The number of benzene rings is 2. The molecule has 9 atom stereocenters. The number of anilines is 2. The zero-order chi connectivity index (χ0) is 40.5. The van der Waals surface area contributed by atoms with E-state index in [-0.39, 0.29) is 23.9 Å². The molecule has 2 aliphatic heterocycles. The van der Waals surface area contributed by atoms with Crippen molar-refractivity contribution in [3.8, 4) is 17.4 Å². The number of hydrogen-bond acceptors (Lipinski definition) is 11. The minimum absolute atomic E-state index is 0.195. The Kier molecular flexibility index (Phi) is 11.3. The molecule has 5 unspecified atom stereocenters. The molecule has 4 heterocycles. The lowest BCUT2D eigenvalue weighted by atomic mass is 9.80. The molecular formula is C46H54N6O7. The van der Waals surface area contributed by atoms with Crippen molar-refractivity contribution < 1.29 is 34.0 Å². The van der Waals surface area contributed by atoms with Gasteiger partial charge >= 0.3 is 0 Å². The van der Waals surface area contributed by atoms with E-state index in [0.29, 0.717) is 80.6 Å². The van der Waals surface area contributed by atoms with E-state index in [1.54, 1.807) is 13.3 Å². The average molecular weight is 803 g/mol. The third-order valence-corrected chi connectivity index (χ3v) is 13.0. The predicted octanol–water partition coefficient (Wildman–Crippen LogP) is 4.89. The first-order valence-corrected chi connectivity index (χ1v) is 21.2. The molecule has 0 spiro atoms. The van der Waals surface area contributed by atoms with Crippen molar-refractivity contribution in [1.82, 2.24) is 20.6 Å². The molecule has 4 N–H and O–H groups in total. The molecule has 2 aromatic carbocycles. The fraction of sp³-hybridized carbons (Fsp3) is 0.478. The van der Waals surface area contributed by atoms with E-state index in [1.807, 2.05) is 66.9 Å². The largest absolute Gasteiger partial charge is 0.481 e. The Hall–Kier alpha value is -5.40. The number of aliphatic hydroxyl groups is 2. The Bertz CT molecular complexity index is 2100. The molecule has 3 aliphatic carbocycles. The normalized spacial score (nSPS) is 28.6. The number of aliphatic hydroxyl groups excluding tert-OH is 2. The highest BCUT2D eigenvalue weighted by molar-refractivity contribution is 5.84. The fourth-order valence-corrected chi connectivity index (χ4v) is 9.64. The monoisotopic (exact) mass is 802 g/mol. The Morgan fingerprint density at radius 3 is 1.90 bits per heavy atom. The van der Waals surface area contributed by atoms with Gasteiger partial charge in [0.1, 0.15) is 11.5 Å². The third kappa shape index (κ3) is 8.67. The molecule has 13 nitrogen and oxygen atoms in total. The van der Waals surface area contributed by atoms with Crippen LogP contribution in [-0.4, -0.2) is 88.7 Å². The number of nitrogens with zero attached hydrogens (tertiary/aromatic N) is 4. The van der Waals surface area contributed by atoms with Gasteiger partial charge < -0.3 is 44.9 Å². The maximum Gasteiger partial charge on any atom is 0.263 e. The number of hydrogen-bond donors (Lipinski definition) is 4. The summed E-state index contributed by atoms with van der Waals surface area (Å²) in [5, 5.41) is 27.8. The van der Waals surface area contributed by atoms with Gasteiger partial charge in [-0.15, -0.1) is 0 Å². The lowest BCUT2D eigenvalue weighted by Crippen LogP contribution is -2.55. The van der Waals surface area contributed by atoms with Crippen LogP contribution in [0.25, 0.3) is 0 Å². The number of methoxy groups -OCH3 is 1. The molecule has 5 aliphatic rings. The number of fused-ring (bicyclic) bond motifs is 2. The van der Waals surface area contributed by atoms with Gasteiger partial charge in [-0.3, -0.25) is 14.6 Å². The second-order valence-electron chi connectivity index (χ2n) is 16.9. The van der Waals surface area contributed by atoms with E-state index in [9.17, 15) is 19.8 Å². The number of aromatic nitrogens is 2. The van der Waals surface area contributed by atoms with Crippen LogP contribution >= 0.6 is 0 Å². The summed E-state index contributed by atoms with van der Waals surface area (Å²) in [4.78, 5) is 40.8. The van der Waals surface area contributed by atoms with Crippen LogP contribution in [0.15, 0.2) is 85.2 Å². The van der Waals surface area contributed by atoms with Crippen molar-refractivity contribution in [3.63, 3.8) is 0 Å². The Morgan fingerprint density at radius 2 is 1.31 bits per heavy atom. The van der Waals surface area contributed by atoms with Crippen LogP contribution in [0.3, 0.4) is 0 Å². The number of nitrogens with one attached hydrogen (secondary N) is 2. The van der Waals surface area contributed by atoms with E-state index >= 15 is 0 Å². The summed E-state index contributed by atoms with van der Waals surface area (Å²) in [6.07, 6.45) is 7.92. The van der Waals surface area contributed by atoms with Crippen LogP contribution in [0.4, 0.5) is 11.4 Å². The first-order chi connectivity index (χ1) is 28.8. The molecule has 0 saturated heterocycles. The van der Waals surface area contributed by atoms with Crippen LogP contribution in [0.1, 0.15) is 74.1 Å². The number of para-hydroxylation sites is 4. The van der Waals surface area contributed by atoms with Gasteiger partial charge in [0.25, 0.3) is 11.8 Å². The van der Waals surface area contributed by atoms with Crippen LogP contribution < -0.4 is 34.6 Å². The smallest absolute Gasteiger partial charge is 0.263 e. The highest BCUT2D eigenvalue weighted by Gasteiger charge is 2.47. The fourth-order valence-electron chi connectivity index (χ4n) is 9.64. The van der Waals surface area contributed by atoms with Crippen molar-refractivity contribution in [2.45, 2.75) is 107 Å². The first kappa shape index (κ1) is 39.1. The van der Waals surface area contributed by atoms with Gasteiger partial charge in [-0.2, -0.15) is 0 Å². The lowest BCUT2D eigenvalue weighted by Gasteiger charge is -2.38. The van der Waals surface area contributed by atoms with Crippen LogP contribution in [0.5, 0.6) is 17.4 Å². The SMILES string of the molecule is COc1ccc(CN2CC(C(=O)N[C@H]3CC(C4CC4c4ccc(CN5CC(C(=O)N[C@H]6CCCC[C@@H]6O)Oc6ccccc65)cn4)CC[C@@H]3O)Oc3ccccc32)cn1. The number of carbonyl (C=O) groups excluding carboxylic acids is 2. The third-order valence-electron chi connectivity index (χ3n) is 13.0. The van der Waals surface area contributed by atoms with Gasteiger partial charge in [-0.1, -0.05) is 49.2 Å². The molecule has 13 heteroatoms. The molecule has 2 aromatic heterocycles. The van der Waals surface area contributed by atoms with E-state index in [0.717, 1.165) is 60.3 Å². The molecular weight excluding hydrogens is 749 g/mol. The standard InChI is InChI=1S/C46H54N6O7/c1-57-44-19-15-29(23-48-44)25-52-27-43(59-41-13-7-4-10-37(41)52)46(56)50-35-20-30(16-18-39(35)54)31-21-32(31)33-17-14-28(22-47-33)24-51-26-42(58-40-12-6-3-9-36(40)51)45(55)49-34-8-2-5-11-38(34)53/h3-4,6-7,9-10,12-15,17,19,22-23,30-32,34-35,38-39,42-43,53-54H,2,5,8,11,16,18,20-21,24-27H2,1H3,(H,49,55)(H,50,56)/t30?,31?,32?,34-,35-,38-,39-,42?,43?/m0/s1. The molecule has 0 bridgehead atoms. The van der Waals surface area contributed by atoms with Gasteiger partial charge in [0.2, 0.25) is 5.88 Å². The molecule has 310 valence electrons. The van der Waals surface area contributed by atoms with Crippen molar-refractivity contribution in [3.05, 3.63) is 102 Å². The van der Waals surface area contributed by atoms with Gasteiger partial charge in [0.15, 0.2) is 12.2 Å². The predicted molar refractivity (Wildman–Crippen MR) is 221 cm³/mol. The lowest BCUT2D eigenvalue weighted by molar-refractivity contribution is -0.130. The maximum atomic E-state index is 13.8. The molecule has 9 rings (SSSR count). The minimum Gasteiger partial charge on any atom is -0.481 e. The summed E-state index contributed by atoms with van der Waals surface area (Å²) >= 11 is 0. The topological polar surface area (TPSA) is 159 Å². The average Bonchev–Trinajstić information content (AvgIpc) is 4.07. The zero-order valence-electron chi connectivity index (χ0n) is 33.5. The second kappa shape index (κ2) is 17.1. The number of ether oxygens (including phenoxy) is 3. The Balaban J connectivity index is 0.802. The van der Waals surface area contributed by atoms with Crippen LogP contribution in [0.2, 0.25) is 0 Å². The quantitative estimate of drug-likeness (QED) is 0.164. The molecule has 4 aromatic rings. The summed E-state index contributed by atoms with van der Waals surface area (Å²) in [6.45, 7) is 1.89. The maximum absolute atomic E-state index is 13.8. The molecule has 2 amide bonds. The molecule has 0 radical (unpaired) electrons. The van der Waals surface area contributed by atoms with Gasteiger partial charge in [0, 0.05) is 43.2 Å². The van der Waals surface area contributed by atoms with Crippen molar-refractivity contribution >= 4 is 23.2 Å². The van der Waals surface area contributed by atoms with Gasteiger partial charge in [0.05, 0.1) is 55.9 Å². The van der Waals surface area contributed by atoms with Crippen LogP contribution in [-0.2, 0) is 22.7 Å². The number of amides is 2. The number of rotatable bonds is 11. The highest BCUT2D eigenvalue weighted by Crippen LogP contribution is 2.55. The van der Waals surface area contributed by atoms with Crippen LogP contribution in [0, 0.1) is 11.8 Å². The summed E-state index contributed by atoms with van der Waals surface area (Å²) in [7, 11) is 1.59. The van der Waals surface area contributed by atoms with E-state index in [4.69, 9.17) is 19.2 Å². The number of pyridine rings is 2. The van der Waals surface area contributed by atoms with Gasteiger partial charge in [-0.05, 0) is 91.8 Å². The van der Waals surface area contributed by atoms with E-state index in [2.05, 4.69) is 37.6 Å². The summed E-state index contributed by atoms with van der Waals surface area (Å²) in [5.74, 6) is 2.60.